The second-order valence-corrected chi connectivity index (χ2v) is 4.20. The third-order valence-electron chi connectivity index (χ3n) is 2.04. The first-order valence-electron chi connectivity index (χ1n) is 4.34. The van der Waals surface area contributed by atoms with Crippen LogP contribution in [-0.4, -0.2) is 4.98 Å². The van der Waals surface area contributed by atoms with Gasteiger partial charge in [0.05, 0.1) is 18.8 Å². The van der Waals surface area contributed by atoms with Crippen molar-refractivity contribution in [3.8, 4) is 11.4 Å². The van der Waals surface area contributed by atoms with Gasteiger partial charge in [-0.05, 0) is 39.7 Å². The van der Waals surface area contributed by atoms with E-state index < -0.39 is 0 Å². The van der Waals surface area contributed by atoms with Gasteiger partial charge in [0.1, 0.15) is 6.20 Å². The number of aryl methyl sites for hydroxylation is 1. The van der Waals surface area contributed by atoms with Crippen LogP contribution in [0.15, 0.2) is 42.7 Å². The lowest BCUT2D eigenvalue weighted by Gasteiger charge is -1.99. The Balaban J connectivity index is 2.61. The zero-order chi connectivity index (χ0) is 9.97. The summed E-state index contributed by atoms with van der Waals surface area (Å²) in [6.07, 6.45) is 3.82. The smallest absolute Gasteiger partial charge is 0.233 e. The normalized spacial score (nSPS) is 10.1. The molecule has 0 aliphatic carbocycles. The summed E-state index contributed by atoms with van der Waals surface area (Å²) < 4.78 is 3.25. The number of benzene rings is 1. The van der Waals surface area contributed by atoms with Gasteiger partial charge >= 0.3 is 5.82 Å². The SMILES string of the molecule is C[n+]1cccnc1-c1ccccc1I. The van der Waals surface area contributed by atoms with E-state index in [4.69, 9.17) is 0 Å². The van der Waals surface area contributed by atoms with Crippen LogP contribution in [0.4, 0.5) is 0 Å². The highest BCUT2D eigenvalue weighted by Gasteiger charge is 2.13. The molecule has 1 aromatic carbocycles. The summed E-state index contributed by atoms with van der Waals surface area (Å²) >= 11 is 2.33. The number of nitrogens with zero attached hydrogens (tertiary/aromatic N) is 2. The monoisotopic (exact) mass is 297 g/mol. The van der Waals surface area contributed by atoms with Crippen molar-refractivity contribution < 1.29 is 4.57 Å². The average molecular weight is 297 g/mol. The van der Waals surface area contributed by atoms with Crippen LogP contribution in [0, 0.1) is 3.57 Å². The summed E-state index contributed by atoms with van der Waals surface area (Å²) in [7, 11) is 2.01. The van der Waals surface area contributed by atoms with Crippen molar-refractivity contribution in [1.29, 1.82) is 0 Å². The predicted molar refractivity (Wildman–Crippen MR) is 63.6 cm³/mol. The molecule has 14 heavy (non-hydrogen) atoms. The number of hydrogen-bond acceptors (Lipinski definition) is 1. The quantitative estimate of drug-likeness (QED) is 0.582. The maximum absolute atomic E-state index is 4.37. The Morgan fingerprint density at radius 2 is 2.00 bits per heavy atom. The summed E-state index contributed by atoms with van der Waals surface area (Å²) in [6, 6.07) is 10.2. The largest absolute Gasteiger partial charge is 0.330 e. The Kier molecular flexibility index (Phi) is 2.77. The third-order valence-corrected chi connectivity index (χ3v) is 2.98. The first kappa shape index (κ1) is 9.58. The number of halogens is 1. The molecule has 1 heterocycles. The molecular weight excluding hydrogens is 287 g/mol. The summed E-state index contributed by atoms with van der Waals surface area (Å²) in [6.45, 7) is 0. The maximum Gasteiger partial charge on any atom is 0.330 e. The third kappa shape index (κ3) is 1.77. The van der Waals surface area contributed by atoms with Crippen LogP contribution < -0.4 is 4.57 Å². The minimum atomic E-state index is 0.998. The molecule has 0 saturated carbocycles. The Morgan fingerprint density at radius 1 is 1.21 bits per heavy atom. The van der Waals surface area contributed by atoms with Crippen LogP contribution in [-0.2, 0) is 7.05 Å². The van der Waals surface area contributed by atoms with E-state index in [0.717, 1.165) is 5.82 Å². The zero-order valence-corrected chi connectivity index (χ0v) is 9.97. The van der Waals surface area contributed by atoms with Crippen molar-refractivity contribution in [2.45, 2.75) is 0 Å². The Labute approximate surface area is 96.8 Å². The lowest BCUT2D eigenvalue weighted by atomic mass is 10.2. The van der Waals surface area contributed by atoms with E-state index >= 15 is 0 Å². The Bertz CT molecular complexity index is 411. The van der Waals surface area contributed by atoms with Gasteiger partial charge in [-0.25, -0.2) is 4.57 Å². The molecule has 0 radical (unpaired) electrons. The van der Waals surface area contributed by atoms with E-state index in [1.165, 1.54) is 9.13 Å². The minimum Gasteiger partial charge on any atom is -0.233 e. The molecule has 0 amide bonds. The van der Waals surface area contributed by atoms with Crippen molar-refractivity contribution in [3.05, 3.63) is 46.3 Å². The maximum atomic E-state index is 4.37. The highest BCUT2D eigenvalue weighted by atomic mass is 127. The average Bonchev–Trinajstić information content (AvgIpc) is 2.20. The van der Waals surface area contributed by atoms with Crippen molar-refractivity contribution in [3.63, 3.8) is 0 Å². The van der Waals surface area contributed by atoms with Gasteiger partial charge in [-0.3, -0.25) is 0 Å². The molecule has 0 saturated heterocycles. The van der Waals surface area contributed by atoms with Crippen molar-refractivity contribution in [2.75, 3.05) is 0 Å². The molecule has 2 rings (SSSR count). The van der Waals surface area contributed by atoms with Crippen LogP contribution in [0.2, 0.25) is 0 Å². The fourth-order valence-electron chi connectivity index (χ4n) is 1.34. The Morgan fingerprint density at radius 3 is 2.71 bits per heavy atom. The van der Waals surface area contributed by atoms with E-state index in [1.807, 2.05) is 42.2 Å². The molecule has 2 nitrogen and oxygen atoms in total. The van der Waals surface area contributed by atoms with Gasteiger partial charge in [0, 0.05) is 9.64 Å². The van der Waals surface area contributed by atoms with Gasteiger partial charge < -0.3 is 0 Å². The molecule has 0 atom stereocenters. The highest BCUT2D eigenvalue weighted by Crippen LogP contribution is 2.19. The second kappa shape index (κ2) is 4.04. The molecule has 0 bridgehead atoms. The predicted octanol–water partition coefficient (Wildman–Crippen LogP) is 2.18. The number of hydrogen-bond donors (Lipinski definition) is 0. The molecule has 0 N–H and O–H groups in total. The molecule has 3 heteroatoms. The van der Waals surface area contributed by atoms with Gasteiger partial charge in [0.15, 0.2) is 0 Å². The topological polar surface area (TPSA) is 16.8 Å². The molecule has 0 spiro atoms. The molecule has 0 unspecified atom stereocenters. The zero-order valence-electron chi connectivity index (χ0n) is 7.81. The number of rotatable bonds is 1. The molecule has 0 aliphatic heterocycles. The molecule has 0 aliphatic rings. The van der Waals surface area contributed by atoms with Crippen LogP contribution in [0.25, 0.3) is 11.4 Å². The second-order valence-electron chi connectivity index (χ2n) is 3.03. The van der Waals surface area contributed by atoms with Gasteiger partial charge in [0.25, 0.3) is 0 Å². The first-order chi connectivity index (χ1) is 6.79. The van der Waals surface area contributed by atoms with Gasteiger partial charge in [0.2, 0.25) is 0 Å². The summed E-state index contributed by atoms with van der Waals surface area (Å²) in [5.74, 6) is 0.998. The lowest BCUT2D eigenvalue weighted by molar-refractivity contribution is -0.663. The van der Waals surface area contributed by atoms with Gasteiger partial charge in [-0.2, -0.15) is 0 Å². The first-order valence-corrected chi connectivity index (χ1v) is 5.42. The molecule has 1 aromatic heterocycles. The van der Waals surface area contributed by atoms with E-state index in [1.54, 1.807) is 0 Å². The molecule has 2 aromatic rings. The van der Waals surface area contributed by atoms with E-state index in [0.29, 0.717) is 0 Å². The summed E-state index contributed by atoms with van der Waals surface area (Å²) in [5.41, 5.74) is 1.18. The molecule has 70 valence electrons. The van der Waals surface area contributed by atoms with Crippen LogP contribution in [0.3, 0.4) is 0 Å². The highest BCUT2D eigenvalue weighted by molar-refractivity contribution is 14.1. The number of aromatic nitrogens is 2. The van der Waals surface area contributed by atoms with E-state index in [-0.39, 0.29) is 0 Å². The summed E-state index contributed by atoms with van der Waals surface area (Å²) in [4.78, 5) is 4.37. The fourth-order valence-corrected chi connectivity index (χ4v) is 1.97. The molecular formula is C11H10IN2+. The van der Waals surface area contributed by atoms with Crippen molar-refractivity contribution >= 4 is 22.6 Å². The van der Waals surface area contributed by atoms with Crippen LogP contribution >= 0.6 is 22.6 Å². The fraction of sp³-hybridized carbons (Fsp3) is 0.0909. The van der Waals surface area contributed by atoms with Crippen molar-refractivity contribution in [2.24, 2.45) is 7.05 Å². The summed E-state index contributed by atoms with van der Waals surface area (Å²) in [5, 5.41) is 0. The minimum absolute atomic E-state index is 0.998. The van der Waals surface area contributed by atoms with Crippen molar-refractivity contribution in [1.82, 2.24) is 4.98 Å². The van der Waals surface area contributed by atoms with Crippen LogP contribution in [0.1, 0.15) is 0 Å². The van der Waals surface area contributed by atoms with Crippen LogP contribution in [0.5, 0.6) is 0 Å². The Hall–Kier alpha value is -0.970. The van der Waals surface area contributed by atoms with E-state index in [2.05, 4.69) is 39.7 Å². The molecule has 0 fully saturated rings. The standard InChI is InChI=1S/C11H10IN2/c1-14-8-4-7-13-11(14)9-5-2-3-6-10(9)12/h2-8H,1H3/q+1. The van der Waals surface area contributed by atoms with Gasteiger partial charge in [-0.1, -0.05) is 12.1 Å². The lowest BCUT2D eigenvalue weighted by Crippen LogP contribution is -2.31. The van der Waals surface area contributed by atoms with Gasteiger partial charge in [-0.15, -0.1) is 0 Å². The van der Waals surface area contributed by atoms with E-state index in [9.17, 15) is 0 Å².